The highest BCUT2D eigenvalue weighted by molar-refractivity contribution is 6.30. The number of halogens is 1. The van der Waals surface area contributed by atoms with Gasteiger partial charge in [-0.25, -0.2) is 0 Å². The summed E-state index contributed by atoms with van der Waals surface area (Å²) in [5.41, 5.74) is 1.60. The molecule has 1 atom stereocenters. The van der Waals surface area contributed by atoms with Gasteiger partial charge in [0, 0.05) is 5.02 Å². The molecule has 0 saturated heterocycles. The quantitative estimate of drug-likeness (QED) is 0.826. The van der Waals surface area contributed by atoms with Gasteiger partial charge in [0.1, 0.15) is 0 Å². The van der Waals surface area contributed by atoms with Crippen LogP contribution in [-0.4, -0.2) is 18.7 Å². The Morgan fingerprint density at radius 3 is 3.07 bits per heavy atom. The molecule has 1 aromatic carbocycles. The number of aryl methyl sites for hydroxylation is 1. The second kappa shape index (κ2) is 4.12. The van der Waals surface area contributed by atoms with Gasteiger partial charge in [0.15, 0.2) is 0 Å². The summed E-state index contributed by atoms with van der Waals surface area (Å²) in [5, 5.41) is 14.3. The van der Waals surface area contributed by atoms with Crippen LogP contribution in [0.1, 0.15) is 24.0 Å². The SMILES string of the molecule is CNCCC1(O)CCc2cc(Cl)ccc21. The van der Waals surface area contributed by atoms with Crippen LogP contribution in [0.5, 0.6) is 0 Å². The van der Waals surface area contributed by atoms with Crippen LogP contribution >= 0.6 is 11.6 Å². The van der Waals surface area contributed by atoms with Crippen LogP contribution in [0.25, 0.3) is 0 Å². The average Bonchev–Trinajstić information content (AvgIpc) is 2.54. The number of hydrogen-bond acceptors (Lipinski definition) is 2. The van der Waals surface area contributed by atoms with E-state index in [1.807, 2.05) is 25.2 Å². The first kappa shape index (κ1) is 10.9. The second-order valence-corrected chi connectivity index (χ2v) is 4.62. The third kappa shape index (κ3) is 2.03. The van der Waals surface area contributed by atoms with E-state index in [0.717, 1.165) is 36.4 Å². The highest BCUT2D eigenvalue weighted by Crippen LogP contribution is 2.40. The van der Waals surface area contributed by atoms with Crippen LogP contribution in [0, 0.1) is 0 Å². The molecule has 0 amide bonds. The van der Waals surface area contributed by atoms with Gasteiger partial charge < -0.3 is 10.4 Å². The molecule has 3 heteroatoms. The van der Waals surface area contributed by atoms with E-state index in [2.05, 4.69) is 5.32 Å². The number of hydrogen-bond donors (Lipinski definition) is 2. The predicted molar refractivity (Wildman–Crippen MR) is 62.2 cm³/mol. The fourth-order valence-electron chi connectivity index (χ4n) is 2.29. The summed E-state index contributed by atoms with van der Waals surface area (Å²) < 4.78 is 0. The first-order valence-corrected chi connectivity index (χ1v) is 5.69. The molecule has 2 rings (SSSR count). The lowest BCUT2D eigenvalue weighted by molar-refractivity contribution is 0.0303. The minimum absolute atomic E-state index is 0.650. The molecule has 0 aliphatic heterocycles. The van der Waals surface area contributed by atoms with Crippen molar-refractivity contribution in [1.29, 1.82) is 0 Å². The molecule has 0 saturated carbocycles. The molecule has 82 valence electrons. The number of rotatable bonds is 3. The van der Waals surface area contributed by atoms with E-state index < -0.39 is 5.60 Å². The van der Waals surface area contributed by atoms with Gasteiger partial charge in [-0.15, -0.1) is 0 Å². The fourth-order valence-corrected chi connectivity index (χ4v) is 2.49. The average molecular weight is 226 g/mol. The highest BCUT2D eigenvalue weighted by Gasteiger charge is 2.35. The maximum atomic E-state index is 10.5. The summed E-state index contributed by atoms with van der Waals surface area (Å²) >= 11 is 5.93. The minimum Gasteiger partial charge on any atom is -0.385 e. The van der Waals surface area contributed by atoms with Crippen LogP contribution in [-0.2, 0) is 12.0 Å². The summed E-state index contributed by atoms with van der Waals surface area (Å²) in [5.74, 6) is 0. The zero-order valence-electron chi connectivity index (χ0n) is 8.89. The third-order valence-electron chi connectivity index (χ3n) is 3.17. The third-order valence-corrected chi connectivity index (χ3v) is 3.40. The molecule has 0 heterocycles. The molecule has 2 nitrogen and oxygen atoms in total. The molecule has 2 N–H and O–H groups in total. The van der Waals surface area contributed by atoms with Crippen molar-refractivity contribution in [1.82, 2.24) is 5.32 Å². The van der Waals surface area contributed by atoms with E-state index in [0.29, 0.717) is 0 Å². The van der Waals surface area contributed by atoms with Crippen LogP contribution in [0.3, 0.4) is 0 Å². The molecule has 1 aromatic rings. The maximum Gasteiger partial charge on any atom is 0.0914 e. The molecule has 0 aromatic heterocycles. The van der Waals surface area contributed by atoms with Crippen molar-refractivity contribution in [2.75, 3.05) is 13.6 Å². The second-order valence-electron chi connectivity index (χ2n) is 4.19. The smallest absolute Gasteiger partial charge is 0.0914 e. The van der Waals surface area contributed by atoms with Gasteiger partial charge in [0.25, 0.3) is 0 Å². The van der Waals surface area contributed by atoms with Crippen LogP contribution in [0.15, 0.2) is 18.2 Å². The van der Waals surface area contributed by atoms with Crippen molar-refractivity contribution in [2.24, 2.45) is 0 Å². The normalized spacial score (nSPS) is 24.2. The monoisotopic (exact) mass is 225 g/mol. The van der Waals surface area contributed by atoms with Gasteiger partial charge in [0.05, 0.1) is 5.60 Å². The lowest BCUT2D eigenvalue weighted by atomic mass is 9.92. The summed E-state index contributed by atoms with van der Waals surface area (Å²) in [6.45, 7) is 0.832. The Labute approximate surface area is 95.3 Å². The van der Waals surface area contributed by atoms with E-state index in [9.17, 15) is 5.11 Å². The largest absolute Gasteiger partial charge is 0.385 e. The Bertz CT molecular complexity index is 367. The van der Waals surface area contributed by atoms with Gasteiger partial charge in [0.2, 0.25) is 0 Å². The van der Waals surface area contributed by atoms with Crippen LogP contribution in [0.2, 0.25) is 5.02 Å². The van der Waals surface area contributed by atoms with E-state index >= 15 is 0 Å². The summed E-state index contributed by atoms with van der Waals surface area (Å²) in [6, 6.07) is 5.78. The lowest BCUT2D eigenvalue weighted by Crippen LogP contribution is -2.27. The first-order chi connectivity index (χ1) is 7.15. The van der Waals surface area contributed by atoms with Crippen molar-refractivity contribution in [3.63, 3.8) is 0 Å². The van der Waals surface area contributed by atoms with Crippen LogP contribution < -0.4 is 5.32 Å². The molecular formula is C12H16ClNO. The van der Waals surface area contributed by atoms with Crippen molar-refractivity contribution >= 4 is 11.6 Å². The standard InChI is InChI=1S/C12H16ClNO/c1-14-7-6-12(15)5-4-9-8-10(13)2-3-11(9)12/h2-3,8,14-15H,4-7H2,1H3. The zero-order valence-corrected chi connectivity index (χ0v) is 9.64. The van der Waals surface area contributed by atoms with Crippen molar-refractivity contribution in [3.05, 3.63) is 34.3 Å². The molecule has 0 bridgehead atoms. The molecule has 1 unspecified atom stereocenters. The maximum absolute atomic E-state index is 10.5. The van der Waals surface area contributed by atoms with E-state index in [-0.39, 0.29) is 0 Å². The predicted octanol–water partition coefficient (Wildman–Crippen LogP) is 2.08. The number of benzene rings is 1. The summed E-state index contributed by atoms with van der Waals surface area (Å²) in [4.78, 5) is 0. The molecule has 15 heavy (non-hydrogen) atoms. The fraction of sp³-hybridized carbons (Fsp3) is 0.500. The van der Waals surface area contributed by atoms with Crippen molar-refractivity contribution in [3.8, 4) is 0 Å². The molecule has 0 spiro atoms. The van der Waals surface area contributed by atoms with E-state index in [1.165, 1.54) is 5.56 Å². The summed E-state index contributed by atoms with van der Waals surface area (Å²) in [7, 11) is 1.90. The zero-order chi connectivity index (χ0) is 10.9. The Morgan fingerprint density at radius 2 is 2.33 bits per heavy atom. The van der Waals surface area contributed by atoms with Crippen LogP contribution in [0.4, 0.5) is 0 Å². The number of fused-ring (bicyclic) bond motifs is 1. The summed E-state index contributed by atoms with van der Waals surface area (Å²) in [6.07, 6.45) is 2.50. The van der Waals surface area contributed by atoms with Crippen molar-refractivity contribution < 1.29 is 5.11 Å². The minimum atomic E-state index is -0.650. The highest BCUT2D eigenvalue weighted by atomic mass is 35.5. The molecule has 1 aliphatic rings. The number of nitrogens with one attached hydrogen (secondary N) is 1. The van der Waals surface area contributed by atoms with Gasteiger partial charge in [-0.2, -0.15) is 0 Å². The lowest BCUT2D eigenvalue weighted by Gasteiger charge is -2.23. The Morgan fingerprint density at radius 1 is 1.53 bits per heavy atom. The Kier molecular flexibility index (Phi) is 3.01. The molecule has 0 radical (unpaired) electrons. The molecular weight excluding hydrogens is 210 g/mol. The van der Waals surface area contributed by atoms with E-state index in [1.54, 1.807) is 0 Å². The van der Waals surface area contributed by atoms with E-state index in [4.69, 9.17) is 11.6 Å². The van der Waals surface area contributed by atoms with Gasteiger partial charge in [-0.1, -0.05) is 17.7 Å². The van der Waals surface area contributed by atoms with Crippen molar-refractivity contribution in [2.45, 2.75) is 24.9 Å². The van der Waals surface area contributed by atoms with Gasteiger partial charge >= 0.3 is 0 Å². The topological polar surface area (TPSA) is 32.3 Å². The Hall–Kier alpha value is -0.570. The van der Waals surface area contributed by atoms with Gasteiger partial charge in [-0.05, 0) is 56.1 Å². The molecule has 1 aliphatic carbocycles. The molecule has 0 fully saturated rings. The number of aliphatic hydroxyl groups is 1. The first-order valence-electron chi connectivity index (χ1n) is 5.31. The van der Waals surface area contributed by atoms with Gasteiger partial charge in [-0.3, -0.25) is 0 Å². The Balaban J connectivity index is 2.27.